The van der Waals surface area contributed by atoms with Gasteiger partial charge in [0.2, 0.25) is 0 Å². The van der Waals surface area contributed by atoms with Crippen LogP contribution in [-0.2, 0) is 11.3 Å². The van der Waals surface area contributed by atoms with Crippen LogP contribution >= 0.6 is 11.6 Å². The minimum Gasteiger partial charge on any atom is -0.507 e. The summed E-state index contributed by atoms with van der Waals surface area (Å²) in [5, 5.41) is 17.4. The first-order valence-corrected chi connectivity index (χ1v) is 6.53. The number of esters is 1. The van der Waals surface area contributed by atoms with E-state index in [-0.39, 0.29) is 29.7 Å². The summed E-state index contributed by atoms with van der Waals surface area (Å²) in [5.74, 6) is -0.283. The molecule has 0 bridgehead atoms. The van der Waals surface area contributed by atoms with E-state index in [1.54, 1.807) is 12.1 Å². The van der Waals surface area contributed by atoms with Crippen LogP contribution in [0.1, 0.15) is 16.2 Å². The Morgan fingerprint density at radius 1 is 1.32 bits per heavy atom. The van der Waals surface area contributed by atoms with E-state index in [2.05, 4.69) is 10.2 Å². The number of rotatable bonds is 4. The number of phenolic OH excluding ortho intramolecular Hbond substituents is 1. The topological polar surface area (TPSA) is 98.6 Å². The highest BCUT2D eigenvalue weighted by atomic mass is 35.5. The van der Waals surface area contributed by atoms with Crippen molar-refractivity contribution < 1.29 is 23.5 Å². The Morgan fingerprint density at radius 2 is 2.18 bits per heavy atom. The molecular weight excluding hydrogens is 312 g/mol. The molecule has 0 saturated heterocycles. The lowest BCUT2D eigenvalue weighted by atomic mass is 10.2. The number of halogens is 1. The molecule has 22 heavy (non-hydrogen) atoms. The standard InChI is InChI=1S/C14H9ClN2O5/c15-8-3-4-10(18)9(6-8)14(19)21-7-12-16-17-13(22-12)11-2-1-5-20-11/h1-6,18H,7H2. The van der Waals surface area contributed by atoms with Gasteiger partial charge in [-0.1, -0.05) is 11.6 Å². The summed E-state index contributed by atoms with van der Waals surface area (Å²) in [7, 11) is 0. The summed E-state index contributed by atoms with van der Waals surface area (Å²) in [6.07, 6.45) is 1.47. The Hall–Kier alpha value is -2.80. The molecule has 1 aromatic carbocycles. The molecule has 3 rings (SSSR count). The highest BCUT2D eigenvalue weighted by Gasteiger charge is 2.16. The average Bonchev–Trinajstić information content (AvgIpc) is 3.17. The van der Waals surface area contributed by atoms with Gasteiger partial charge in [0.25, 0.3) is 11.8 Å². The largest absolute Gasteiger partial charge is 0.507 e. The third-order valence-corrected chi connectivity index (χ3v) is 2.94. The quantitative estimate of drug-likeness (QED) is 0.737. The van der Waals surface area contributed by atoms with Crippen LogP contribution in [0.4, 0.5) is 0 Å². The highest BCUT2D eigenvalue weighted by molar-refractivity contribution is 6.31. The monoisotopic (exact) mass is 320 g/mol. The molecule has 0 unspecified atom stereocenters. The summed E-state index contributed by atoms with van der Waals surface area (Å²) in [5.41, 5.74) is -0.0433. The maximum absolute atomic E-state index is 11.9. The SMILES string of the molecule is O=C(OCc1nnc(-c2ccco2)o1)c1cc(Cl)ccc1O. The Bertz CT molecular complexity index is 797. The minimum absolute atomic E-state index is 0.0433. The lowest BCUT2D eigenvalue weighted by Gasteiger charge is -2.04. The van der Waals surface area contributed by atoms with Gasteiger partial charge in [-0.2, -0.15) is 0 Å². The van der Waals surface area contributed by atoms with Gasteiger partial charge < -0.3 is 18.7 Å². The molecule has 0 fully saturated rings. The van der Waals surface area contributed by atoms with E-state index < -0.39 is 5.97 Å². The molecule has 0 atom stereocenters. The van der Waals surface area contributed by atoms with Gasteiger partial charge in [-0.15, -0.1) is 10.2 Å². The number of furan rings is 1. The van der Waals surface area contributed by atoms with Crippen molar-refractivity contribution in [1.29, 1.82) is 0 Å². The molecule has 2 aromatic heterocycles. The van der Waals surface area contributed by atoms with Crippen molar-refractivity contribution in [1.82, 2.24) is 10.2 Å². The molecule has 0 aliphatic rings. The number of hydrogen-bond acceptors (Lipinski definition) is 7. The number of aromatic nitrogens is 2. The Labute approximate surface area is 129 Å². The second kappa shape index (κ2) is 5.90. The Balaban J connectivity index is 1.67. The van der Waals surface area contributed by atoms with Crippen molar-refractivity contribution in [2.75, 3.05) is 0 Å². The van der Waals surface area contributed by atoms with Gasteiger partial charge >= 0.3 is 5.97 Å². The Kier molecular flexibility index (Phi) is 3.80. The highest BCUT2D eigenvalue weighted by Crippen LogP contribution is 2.23. The fourth-order valence-electron chi connectivity index (χ4n) is 1.69. The first-order chi connectivity index (χ1) is 10.6. The van der Waals surface area contributed by atoms with Crippen LogP contribution in [0, 0.1) is 0 Å². The first-order valence-electron chi connectivity index (χ1n) is 6.15. The predicted octanol–water partition coefficient (Wildman–Crippen LogP) is 3.05. The second-order valence-electron chi connectivity index (χ2n) is 4.22. The zero-order valence-electron chi connectivity index (χ0n) is 11.0. The maximum atomic E-state index is 11.9. The molecule has 0 aliphatic heterocycles. The molecule has 0 aliphatic carbocycles. The number of aromatic hydroxyl groups is 1. The molecule has 2 heterocycles. The average molecular weight is 321 g/mol. The predicted molar refractivity (Wildman–Crippen MR) is 74.2 cm³/mol. The van der Waals surface area contributed by atoms with Crippen LogP contribution in [0.25, 0.3) is 11.7 Å². The summed E-state index contributed by atoms with van der Waals surface area (Å²) in [6, 6.07) is 7.41. The van der Waals surface area contributed by atoms with Crippen molar-refractivity contribution in [2.45, 2.75) is 6.61 Å². The van der Waals surface area contributed by atoms with Gasteiger partial charge in [-0.05, 0) is 30.3 Å². The number of nitrogens with zero attached hydrogens (tertiary/aromatic N) is 2. The molecule has 0 spiro atoms. The van der Waals surface area contributed by atoms with Crippen molar-refractivity contribution in [2.24, 2.45) is 0 Å². The molecule has 0 amide bonds. The van der Waals surface area contributed by atoms with Gasteiger partial charge in [0.05, 0.1) is 6.26 Å². The summed E-state index contributed by atoms with van der Waals surface area (Å²) in [4.78, 5) is 11.9. The van der Waals surface area contributed by atoms with E-state index >= 15 is 0 Å². The van der Waals surface area contributed by atoms with Crippen molar-refractivity contribution in [3.05, 3.63) is 53.1 Å². The number of carbonyl (C=O) groups excluding carboxylic acids is 1. The Morgan fingerprint density at radius 3 is 2.95 bits per heavy atom. The van der Waals surface area contributed by atoms with Crippen molar-refractivity contribution >= 4 is 17.6 Å². The van der Waals surface area contributed by atoms with Crippen molar-refractivity contribution in [3.63, 3.8) is 0 Å². The number of phenols is 1. The molecule has 112 valence electrons. The first kappa shape index (κ1) is 14.2. The van der Waals surface area contributed by atoms with Gasteiger partial charge in [0.1, 0.15) is 11.3 Å². The summed E-state index contributed by atoms with van der Waals surface area (Å²) in [6.45, 7) is -0.238. The lowest BCUT2D eigenvalue weighted by Crippen LogP contribution is -2.05. The maximum Gasteiger partial charge on any atom is 0.342 e. The molecule has 3 aromatic rings. The van der Waals surface area contributed by atoms with Crippen LogP contribution in [-0.4, -0.2) is 21.3 Å². The van der Waals surface area contributed by atoms with E-state index in [1.807, 2.05) is 0 Å². The zero-order chi connectivity index (χ0) is 15.5. The minimum atomic E-state index is -0.752. The van der Waals surface area contributed by atoms with Crippen molar-refractivity contribution in [3.8, 4) is 17.4 Å². The smallest absolute Gasteiger partial charge is 0.342 e. The van der Waals surface area contributed by atoms with Gasteiger partial charge in [-0.25, -0.2) is 4.79 Å². The summed E-state index contributed by atoms with van der Waals surface area (Å²) >= 11 is 5.77. The van der Waals surface area contributed by atoms with E-state index in [0.29, 0.717) is 10.8 Å². The fourth-order valence-corrected chi connectivity index (χ4v) is 1.86. The number of benzene rings is 1. The van der Waals surface area contributed by atoms with Crippen LogP contribution in [0.5, 0.6) is 5.75 Å². The third kappa shape index (κ3) is 2.94. The van der Waals surface area contributed by atoms with Crippen LogP contribution < -0.4 is 0 Å². The number of ether oxygens (including phenoxy) is 1. The van der Waals surface area contributed by atoms with E-state index in [0.717, 1.165) is 0 Å². The normalized spacial score (nSPS) is 10.6. The fraction of sp³-hybridized carbons (Fsp3) is 0.0714. The molecule has 0 saturated carbocycles. The van der Waals surface area contributed by atoms with Crippen LogP contribution in [0.3, 0.4) is 0 Å². The van der Waals surface area contributed by atoms with Gasteiger partial charge in [0, 0.05) is 5.02 Å². The molecule has 8 heteroatoms. The number of carbonyl (C=O) groups is 1. The third-order valence-electron chi connectivity index (χ3n) is 2.70. The van der Waals surface area contributed by atoms with Crippen LogP contribution in [0.15, 0.2) is 45.4 Å². The second-order valence-corrected chi connectivity index (χ2v) is 4.65. The van der Waals surface area contributed by atoms with E-state index in [1.165, 1.54) is 24.5 Å². The van der Waals surface area contributed by atoms with Gasteiger partial charge in [0.15, 0.2) is 12.4 Å². The van der Waals surface area contributed by atoms with Crippen LogP contribution in [0.2, 0.25) is 5.02 Å². The number of hydrogen-bond donors (Lipinski definition) is 1. The van der Waals surface area contributed by atoms with E-state index in [9.17, 15) is 9.90 Å². The molecular formula is C14H9ClN2O5. The lowest BCUT2D eigenvalue weighted by molar-refractivity contribution is 0.0435. The van der Waals surface area contributed by atoms with E-state index in [4.69, 9.17) is 25.2 Å². The molecule has 0 radical (unpaired) electrons. The zero-order valence-corrected chi connectivity index (χ0v) is 11.8. The molecule has 1 N–H and O–H groups in total. The molecule has 7 nitrogen and oxygen atoms in total. The van der Waals surface area contributed by atoms with Gasteiger partial charge in [-0.3, -0.25) is 0 Å². The summed E-state index contributed by atoms with van der Waals surface area (Å²) < 4.78 is 15.4.